The molecule has 0 bridgehead atoms. The molecule has 68 valence electrons. The second-order valence-electron chi connectivity index (χ2n) is 2.37. The van der Waals surface area contributed by atoms with Crippen LogP contribution in [0, 0.1) is 0 Å². The molecule has 11 heavy (non-hydrogen) atoms. The third-order valence-corrected chi connectivity index (χ3v) is 2.95. The van der Waals surface area contributed by atoms with Gasteiger partial charge in [-0.25, -0.2) is 0 Å². The molecule has 0 heterocycles. The third-order valence-electron chi connectivity index (χ3n) is 1.50. The maximum Gasteiger partial charge on any atom is 0.248 e. The minimum absolute atomic E-state index is 0.0862. The summed E-state index contributed by atoms with van der Waals surface area (Å²) in [5.74, 6) is 0. The summed E-state index contributed by atoms with van der Waals surface area (Å²) in [6.07, 6.45) is 0. The van der Waals surface area contributed by atoms with E-state index in [1.54, 1.807) is 0 Å². The van der Waals surface area contributed by atoms with Gasteiger partial charge in [-0.2, -0.15) is 0 Å². The molecule has 0 saturated heterocycles. The van der Waals surface area contributed by atoms with Gasteiger partial charge in [0.15, 0.2) is 0 Å². The van der Waals surface area contributed by atoms with Crippen molar-refractivity contribution in [3.8, 4) is 0 Å². The maximum atomic E-state index is 8.67. The highest BCUT2D eigenvalue weighted by Gasteiger charge is 2.22. The molecule has 5 heteroatoms. The Hall–Kier alpha value is 0.570. The van der Waals surface area contributed by atoms with Gasteiger partial charge in [-0.15, -0.1) is 0 Å². The first-order valence-electron chi connectivity index (χ1n) is 3.57. The summed E-state index contributed by atoms with van der Waals surface area (Å²) in [4.78, 5) is 0. The molecule has 0 rings (SSSR count). The summed E-state index contributed by atoms with van der Waals surface area (Å²) in [6.45, 7) is 1.97. The van der Waals surface area contributed by atoms with Gasteiger partial charge in [0.25, 0.3) is 0 Å². The summed E-state index contributed by atoms with van der Waals surface area (Å²) in [5.41, 5.74) is 0. The van der Waals surface area contributed by atoms with E-state index >= 15 is 0 Å². The van der Waals surface area contributed by atoms with Crippen LogP contribution < -0.4 is 0 Å². The van der Waals surface area contributed by atoms with Crippen molar-refractivity contribution in [2.75, 3.05) is 39.5 Å². The number of rotatable bonds is 6. The second-order valence-corrected chi connectivity index (χ2v) is 4.42. The van der Waals surface area contributed by atoms with E-state index < -0.39 is 0 Å². The third kappa shape index (κ3) is 4.91. The lowest BCUT2D eigenvalue weighted by Gasteiger charge is -2.28. The lowest BCUT2D eigenvalue weighted by Crippen LogP contribution is -2.44. The average molecular weight is 276 g/mol. The van der Waals surface area contributed by atoms with E-state index in [1.165, 1.54) is 0 Å². The van der Waals surface area contributed by atoms with Crippen molar-refractivity contribution in [2.24, 2.45) is 0 Å². The van der Waals surface area contributed by atoms with Crippen molar-refractivity contribution in [1.82, 2.24) is 0 Å². The second kappa shape index (κ2) is 6.13. The highest BCUT2D eigenvalue weighted by atomic mass is 127. The Morgan fingerprint density at radius 2 is 1.09 bits per heavy atom. The van der Waals surface area contributed by atoms with Gasteiger partial charge in [-0.05, 0) is 0 Å². The SMILES string of the molecule is OCC[N+](I)(CCO)CCO. The summed E-state index contributed by atoms with van der Waals surface area (Å²) < 4.78 is 0.501. The topological polar surface area (TPSA) is 60.7 Å². The van der Waals surface area contributed by atoms with Crippen LogP contribution in [0.5, 0.6) is 0 Å². The molecule has 0 fully saturated rings. The molecule has 0 atom stereocenters. The number of hydrogen-bond acceptors (Lipinski definition) is 3. The van der Waals surface area contributed by atoms with E-state index in [0.717, 1.165) is 0 Å². The molecule has 0 aliphatic rings. The van der Waals surface area contributed by atoms with Crippen LogP contribution in [0.2, 0.25) is 0 Å². The lowest BCUT2D eigenvalue weighted by atomic mass is 10.4. The number of nitrogens with zero attached hydrogens (tertiary/aromatic N) is 1. The Balaban J connectivity index is 3.79. The van der Waals surface area contributed by atoms with Gasteiger partial charge in [0, 0.05) is 0 Å². The summed E-state index contributed by atoms with van der Waals surface area (Å²) >= 11 is 2.13. The van der Waals surface area contributed by atoms with Crippen molar-refractivity contribution in [1.29, 1.82) is 0 Å². The molecule has 0 aromatic heterocycles. The molecule has 0 aliphatic carbocycles. The van der Waals surface area contributed by atoms with Gasteiger partial charge in [0.2, 0.25) is 22.9 Å². The molecule has 0 aromatic rings. The minimum atomic E-state index is 0.0862. The van der Waals surface area contributed by atoms with Crippen LogP contribution in [0.1, 0.15) is 0 Å². The van der Waals surface area contributed by atoms with Gasteiger partial charge in [-0.1, -0.05) is 0 Å². The van der Waals surface area contributed by atoms with E-state index in [9.17, 15) is 0 Å². The fourth-order valence-corrected chi connectivity index (χ4v) is 1.52. The van der Waals surface area contributed by atoms with Gasteiger partial charge < -0.3 is 15.3 Å². The van der Waals surface area contributed by atoms with E-state index in [-0.39, 0.29) is 19.8 Å². The monoisotopic (exact) mass is 276 g/mol. The standard InChI is InChI=1S/C6H15INO3/c7-8(1-4-9,2-5-10)3-6-11/h9-11H,1-6H2/q+1. The van der Waals surface area contributed by atoms with Crippen molar-refractivity contribution in [3.05, 3.63) is 0 Å². The predicted molar refractivity (Wildman–Crippen MR) is 50.1 cm³/mol. The molecule has 3 N–H and O–H groups in total. The molecular weight excluding hydrogens is 261 g/mol. The first-order valence-corrected chi connectivity index (χ1v) is 4.53. The van der Waals surface area contributed by atoms with Crippen molar-refractivity contribution >= 4 is 22.9 Å². The first-order chi connectivity index (χ1) is 5.18. The Morgan fingerprint density at radius 3 is 1.27 bits per heavy atom. The quantitative estimate of drug-likeness (QED) is 0.436. The van der Waals surface area contributed by atoms with Crippen LogP contribution in [0.25, 0.3) is 0 Å². The molecule has 0 amide bonds. The van der Waals surface area contributed by atoms with Crippen LogP contribution >= 0.6 is 22.9 Å². The average Bonchev–Trinajstić information content (AvgIpc) is 1.88. The predicted octanol–water partition coefficient (Wildman–Crippen LogP) is -0.870. The molecule has 0 aromatic carbocycles. The minimum Gasteiger partial charge on any atom is -0.390 e. The van der Waals surface area contributed by atoms with E-state index in [4.69, 9.17) is 15.3 Å². The van der Waals surface area contributed by atoms with Crippen molar-refractivity contribution < 1.29 is 18.0 Å². The molecule has 0 radical (unpaired) electrons. The zero-order valence-corrected chi connectivity index (χ0v) is 8.57. The van der Waals surface area contributed by atoms with Crippen LogP contribution in [0.4, 0.5) is 0 Å². The Bertz CT molecular complexity index is 84.8. The van der Waals surface area contributed by atoms with Crippen LogP contribution in [0.3, 0.4) is 0 Å². The van der Waals surface area contributed by atoms with Gasteiger partial charge in [-0.3, -0.25) is 2.70 Å². The van der Waals surface area contributed by atoms with Gasteiger partial charge >= 0.3 is 0 Å². The van der Waals surface area contributed by atoms with Gasteiger partial charge in [0.1, 0.15) is 19.6 Å². The Morgan fingerprint density at radius 1 is 0.818 bits per heavy atom. The van der Waals surface area contributed by atoms with Crippen molar-refractivity contribution in [3.63, 3.8) is 0 Å². The number of halogens is 1. The van der Waals surface area contributed by atoms with E-state index in [1.807, 2.05) is 0 Å². The summed E-state index contributed by atoms with van der Waals surface area (Å²) in [5, 5.41) is 26.0. The normalized spacial score (nSPS) is 12.0. The molecule has 4 nitrogen and oxygen atoms in total. The fraction of sp³-hybridized carbons (Fsp3) is 1.00. The fourth-order valence-electron chi connectivity index (χ4n) is 0.873. The van der Waals surface area contributed by atoms with Gasteiger partial charge in [0.05, 0.1) is 19.8 Å². The smallest absolute Gasteiger partial charge is 0.248 e. The highest BCUT2D eigenvalue weighted by molar-refractivity contribution is 14.1. The number of quaternary nitrogens is 1. The number of aliphatic hydroxyl groups excluding tert-OH is 3. The highest BCUT2D eigenvalue weighted by Crippen LogP contribution is 2.13. The summed E-state index contributed by atoms with van der Waals surface area (Å²) in [6, 6.07) is 0. The molecule has 0 spiro atoms. The molecule has 0 aliphatic heterocycles. The lowest BCUT2D eigenvalue weighted by molar-refractivity contribution is -0.755. The van der Waals surface area contributed by atoms with Crippen LogP contribution in [-0.2, 0) is 0 Å². The van der Waals surface area contributed by atoms with Crippen molar-refractivity contribution in [2.45, 2.75) is 0 Å². The molecule has 0 saturated carbocycles. The maximum absolute atomic E-state index is 8.67. The Labute approximate surface area is 80.5 Å². The zero-order valence-electron chi connectivity index (χ0n) is 6.41. The first kappa shape index (κ1) is 11.6. The molecular formula is C6H15INO3+. The van der Waals surface area contributed by atoms with Crippen LogP contribution in [0.15, 0.2) is 0 Å². The van der Waals surface area contributed by atoms with E-state index in [2.05, 4.69) is 22.9 Å². The molecule has 0 unspecified atom stereocenters. The largest absolute Gasteiger partial charge is 0.390 e. The Kier molecular flexibility index (Phi) is 6.44. The number of aliphatic hydroxyl groups is 3. The van der Waals surface area contributed by atoms with E-state index in [0.29, 0.717) is 22.3 Å². The van der Waals surface area contributed by atoms with Crippen LogP contribution in [-0.4, -0.2) is 57.5 Å². The summed E-state index contributed by atoms with van der Waals surface area (Å²) in [7, 11) is 0. The number of hydrogen-bond donors (Lipinski definition) is 3. The zero-order chi connectivity index (χ0) is 8.74.